The number of hydrogen-bond acceptors (Lipinski definition) is 4. The van der Waals surface area contributed by atoms with Crippen LogP contribution in [0.4, 0.5) is 0 Å². The Hall–Kier alpha value is -1.88. The first kappa shape index (κ1) is 14.2. The summed E-state index contributed by atoms with van der Waals surface area (Å²) < 4.78 is 5.06. The Kier molecular flexibility index (Phi) is 5.87. The second-order valence-corrected chi connectivity index (χ2v) is 4.06. The molecule has 1 aromatic rings. The number of hydrogen-bond donors (Lipinski definition) is 3. The second-order valence-electron chi connectivity index (χ2n) is 4.06. The summed E-state index contributed by atoms with van der Waals surface area (Å²) in [6, 6.07) is 10.0. The lowest BCUT2D eigenvalue weighted by Gasteiger charge is -2.16. The molecule has 4 N–H and O–H groups in total. The molecule has 1 rings (SSSR count). The third kappa shape index (κ3) is 5.45. The van der Waals surface area contributed by atoms with E-state index in [0.717, 1.165) is 6.42 Å². The Morgan fingerprint density at radius 1 is 1.44 bits per heavy atom. The minimum atomic E-state index is -0.462. The fourth-order valence-electron chi connectivity index (χ4n) is 1.54. The molecule has 0 bridgehead atoms. The average Bonchev–Trinajstić information content (AvgIpc) is 2.35. The first-order valence-corrected chi connectivity index (χ1v) is 5.81. The number of carbonyl (C=O) groups is 1. The van der Waals surface area contributed by atoms with Crippen molar-refractivity contribution < 1.29 is 9.53 Å². The lowest BCUT2D eigenvalue weighted by Crippen LogP contribution is -2.34. The third-order valence-corrected chi connectivity index (χ3v) is 2.51. The number of benzene rings is 1. The number of esters is 1. The van der Waals surface area contributed by atoms with Crippen LogP contribution in [0.1, 0.15) is 12.0 Å². The lowest BCUT2D eigenvalue weighted by molar-refractivity contribution is -0.142. The summed E-state index contributed by atoms with van der Waals surface area (Å²) in [4.78, 5) is 11.3. The second kappa shape index (κ2) is 7.45. The molecule has 0 aromatic heterocycles. The van der Waals surface area contributed by atoms with Crippen molar-refractivity contribution in [2.45, 2.75) is 18.9 Å². The normalized spacial score (nSPS) is 11.8. The van der Waals surface area contributed by atoms with Gasteiger partial charge in [0.15, 0.2) is 0 Å². The molecule has 0 amide bonds. The summed E-state index contributed by atoms with van der Waals surface area (Å²) >= 11 is 0. The van der Waals surface area contributed by atoms with E-state index in [-0.39, 0.29) is 24.9 Å². The van der Waals surface area contributed by atoms with E-state index in [4.69, 9.17) is 15.9 Å². The molecule has 0 saturated heterocycles. The van der Waals surface area contributed by atoms with Gasteiger partial charge in [-0.25, -0.2) is 0 Å². The zero-order chi connectivity index (χ0) is 13.4. The van der Waals surface area contributed by atoms with Gasteiger partial charge in [0, 0.05) is 6.04 Å². The number of nitrogens with one attached hydrogen (secondary N) is 2. The van der Waals surface area contributed by atoms with E-state index < -0.39 is 5.97 Å². The Morgan fingerprint density at radius 3 is 2.67 bits per heavy atom. The molecule has 18 heavy (non-hydrogen) atoms. The van der Waals surface area contributed by atoms with E-state index in [1.807, 2.05) is 37.4 Å². The number of likely N-dealkylation sites (N-methyl/N-ethyl adjacent to an activating group) is 1. The molecular weight excluding hydrogens is 230 g/mol. The van der Waals surface area contributed by atoms with Gasteiger partial charge in [-0.15, -0.1) is 0 Å². The van der Waals surface area contributed by atoms with Gasteiger partial charge in [-0.3, -0.25) is 10.2 Å². The Labute approximate surface area is 107 Å². The summed E-state index contributed by atoms with van der Waals surface area (Å²) in [6.07, 6.45) is 0.631. The Morgan fingerprint density at radius 2 is 2.11 bits per heavy atom. The molecule has 0 spiro atoms. The molecule has 5 heteroatoms. The molecular formula is C13H19N3O2. The van der Waals surface area contributed by atoms with Gasteiger partial charge in [-0.05, 0) is 19.0 Å². The van der Waals surface area contributed by atoms with E-state index in [1.54, 1.807) is 0 Å². The molecule has 98 valence electrons. The topological polar surface area (TPSA) is 88.2 Å². The van der Waals surface area contributed by atoms with Gasteiger partial charge in [0.1, 0.15) is 18.9 Å². The van der Waals surface area contributed by atoms with Crippen LogP contribution in [0.15, 0.2) is 30.3 Å². The molecule has 1 atom stereocenters. The van der Waals surface area contributed by atoms with Crippen molar-refractivity contribution in [2.75, 3.05) is 13.7 Å². The molecule has 0 aliphatic carbocycles. The van der Waals surface area contributed by atoms with Crippen LogP contribution in [0, 0.1) is 5.41 Å². The average molecular weight is 249 g/mol. The van der Waals surface area contributed by atoms with Gasteiger partial charge in [0.2, 0.25) is 0 Å². The highest BCUT2D eigenvalue weighted by molar-refractivity contribution is 5.94. The molecule has 0 aliphatic heterocycles. The van der Waals surface area contributed by atoms with Gasteiger partial charge in [0.05, 0.1) is 0 Å². The maximum Gasteiger partial charge on any atom is 0.313 e. The molecule has 0 heterocycles. The van der Waals surface area contributed by atoms with Crippen LogP contribution in [-0.4, -0.2) is 31.5 Å². The summed E-state index contributed by atoms with van der Waals surface area (Å²) in [7, 11) is 1.83. The number of amidine groups is 1. The van der Waals surface area contributed by atoms with Crippen LogP contribution in [-0.2, 0) is 16.0 Å². The molecule has 0 saturated carbocycles. The van der Waals surface area contributed by atoms with Crippen molar-refractivity contribution in [1.29, 1.82) is 5.41 Å². The minimum Gasteiger partial charge on any atom is -0.464 e. The van der Waals surface area contributed by atoms with Crippen molar-refractivity contribution in [3.63, 3.8) is 0 Å². The SMILES string of the molecule is CNC(COC(=O)CC(=N)N)Cc1ccccc1. The van der Waals surface area contributed by atoms with Crippen molar-refractivity contribution in [2.24, 2.45) is 5.73 Å². The molecule has 0 fully saturated rings. The summed E-state index contributed by atoms with van der Waals surface area (Å²) in [6.45, 7) is 0.275. The Bertz CT molecular complexity index is 392. The highest BCUT2D eigenvalue weighted by atomic mass is 16.5. The predicted molar refractivity (Wildman–Crippen MR) is 70.5 cm³/mol. The summed E-state index contributed by atoms with van der Waals surface area (Å²) in [5.74, 6) is -0.639. The van der Waals surface area contributed by atoms with Gasteiger partial charge in [-0.2, -0.15) is 0 Å². The molecule has 1 aromatic carbocycles. The van der Waals surface area contributed by atoms with Crippen LogP contribution in [0.5, 0.6) is 0 Å². The van der Waals surface area contributed by atoms with Crippen LogP contribution < -0.4 is 11.1 Å². The zero-order valence-corrected chi connectivity index (χ0v) is 10.5. The molecule has 5 nitrogen and oxygen atoms in total. The van der Waals surface area contributed by atoms with Gasteiger partial charge in [-0.1, -0.05) is 30.3 Å². The summed E-state index contributed by atoms with van der Waals surface area (Å²) in [5, 5.41) is 10.1. The molecule has 0 aliphatic rings. The molecule has 1 unspecified atom stereocenters. The first-order valence-electron chi connectivity index (χ1n) is 5.81. The monoisotopic (exact) mass is 249 g/mol. The standard InChI is InChI=1S/C13H19N3O2/c1-16-11(7-10-5-3-2-4-6-10)9-18-13(17)8-12(14)15/h2-6,11,16H,7-9H2,1H3,(H3,14,15). The maximum atomic E-state index is 11.3. The van der Waals surface area contributed by atoms with Crippen LogP contribution in [0.25, 0.3) is 0 Å². The largest absolute Gasteiger partial charge is 0.464 e. The van der Waals surface area contributed by atoms with E-state index >= 15 is 0 Å². The first-order chi connectivity index (χ1) is 8.61. The van der Waals surface area contributed by atoms with Gasteiger partial charge >= 0.3 is 5.97 Å². The smallest absolute Gasteiger partial charge is 0.313 e. The van der Waals surface area contributed by atoms with E-state index in [0.29, 0.717) is 0 Å². The van der Waals surface area contributed by atoms with E-state index in [2.05, 4.69) is 5.32 Å². The quantitative estimate of drug-likeness (QED) is 0.377. The predicted octanol–water partition coefficient (Wildman–Crippen LogP) is 0.686. The van der Waals surface area contributed by atoms with Crippen molar-refractivity contribution in [3.8, 4) is 0 Å². The number of ether oxygens (including phenoxy) is 1. The van der Waals surface area contributed by atoms with Crippen molar-refractivity contribution >= 4 is 11.8 Å². The fourth-order valence-corrected chi connectivity index (χ4v) is 1.54. The zero-order valence-electron chi connectivity index (χ0n) is 10.5. The molecule has 0 radical (unpaired) electrons. The van der Waals surface area contributed by atoms with Gasteiger partial charge < -0.3 is 15.8 Å². The van der Waals surface area contributed by atoms with Crippen LogP contribution in [0.3, 0.4) is 0 Å². The fraction of sp³-hybridized carbons (Fsp3) is 0.385. The van der Waals surface area contributed by atoms with E-state index in [9.17, 15) is 4.79 Å². The van der Waals surface area contributed by atoms with Crippen molar-refractivity contribution in [3.05, 3.63) is 35.9 Å². The lowest BCUT2D eigenvalue weighted by atomic mass is 10.1. The third-order valence-electron chi connectivity index (χ3n) is 2.51. The van der Waals surface area contributed by atoms with Gasteiger partial charge in [0.25, 0.3) is 0 Å². The number of rotatable bonds is 7. The highest BCUT2D eigenvalue weighted by Crippen LogP contribution is 2.03. The number of nitrogens with two attached hydrogens (primary N) is 1. The maximum absolute atomic E-state index is 11.3. The van der Waals surface area contributed by atoms with Crippen molar-refractivity contribution in [1.82, 2.24) is 5.32 Å². The highest BCUT2D eigenvalue weighted by Gasteiger charge is 2.11. The Balaban J connectivity index is 2.38. The minimum absolute atomic E-state index is 0.0586. The number of carbonyl (C=O) groups excluding carboxylic acids is 1. The summed E-state index contributed by atoms with van der Waals surface area (Å²) in [5.41, 5.74) is 6.30. The van der Waals surface area contributed by atoms with Crippen LogP contribution in [0.2, 0.25) is 0 Å². The van der Waals surface area contributed by atoms with Crippen LogP contribution >= 0.6 is 0 Å². The van der Waals surface area contributed by atoms with E-state index in [1.165, 1.54) is 5.56 Å².